The topological polar surface area (TPSA) is 61.4 Å². The monoisotopic (exact) mass is 388 g/mol. The van der Waals surface area contributed by atoms with Gasteiger partial charge in [0, 0.05) is 17.6 Å². The van der Waals surface area contributed by atoms with Crippen LogP contribution in [0, 0.1) is 5.82 Å². The number of hydrogen-bond donors (Lipinski definition) is 0. The summed E-state index contributed by atoms with van der Waals surface area (Å²) in [5, 5.41) is 5.78. The summed E-state index contributed by atoms with van der Waals surface area (Å²) in [6, 6.07) is 4.65. The molecule has 8 heteroatoms. The van der Waals surface area contributed by atoms with Crippen molar-refractivity contribution in [3.8, 4) is 5.75 Å². The van der Waals surface area contributed by atoms with Gasteiger partial charge in [0.25, 0.3) is 0 Å². The van der Waals surface area contributed by atoms with E-state index in [4.69, 9.17) is 4.74 Å². The molecule has 1 aromatic carbocycles. The second-order valence-corrected chi connectivity index (χ2v) is 8.00. The zero-order valence-electron chi connectivity index (χ0n) is 15.1. The quantitative estimate of drug-likeness (QED) is 0.669. The lowest BCUT2D eigenvalue weighted by Gasteiger charge is -2.20. The van der Waals surface area contributed by atoms with Gasteiger partial charge >= 0.3 is 5.69 Å². The van der Waals surface area contributed by atoms with E-state index >= 15 is 0 Å². The molecule has 142 valence electrons. The first kappa shape index (κ1) is 18.0. The first-order valence-corrected chi connectivity index (χ1v) is 9.97. The molecular weight excluding hydrogens is 367 g/mol. The van der Waals surface area contributed by atoms with E-state index in [1.54, 1.807) is 36.3 Å². The minimum Gasteiger partial charge on any atom is -0.494 e. The highest BCUT2D eigenvalue weighted by Gasteiger charge is 2.19. The summed E-state index contributed by atoms with van der Waals surface area (Å²) in [7, 11) is 1.42. The molecule has 2 aromatic heterocycles. The lowest BCUT2D eigenvalue weighted by molar-refractivity contribution is 0.386. The average Bonchev–Trinajstić information content (AvgIpc) is 3.00. The molecule has 0 spiro atoms. The number of halogens is 1. The van der Waals surface area contributed by atoms with Gasteiger partial charge in [-0.3, -0.25) is 0 Å². The summed E-state index contributed by atoms with van der Waals surface area (Å²) >= 11 is 1.71. The molecule has 0 bridgehead atoms. The van der Waals surface area contributed by atoms with Gasteiger partial charge in [0.1, 0.15) is 5.03 Å². The van der Waals surface area contributed by atoms with Crippen LogP contribution in [0.15, 0.2) is 40.4 Å². The summed E-state index contributed by atoms with van der Waals surface area (Å²) in [4.78, 5) is 17.1. The number of rotatable bonds is 5. The van der Waals surface area contributed by atoms with E-state index in [0.717, 1.165) is 5.03 Å². The van der Waals surface area contributed by atoms with E-state index < -0.39 is 5.82 Å². The molecule has 3 aromatic rings. The van der Waals surface area contributed by atoms with Gasteiger partial charge in [-0.05, 0) is 30.5 Å². The SMILES string of the molecule is COc1ccc(Cn2nc3c(SC4CCCCC4)nccn3c2=O)cc1F. The second kappa shape index (κ2) is 7.72. The van der Waals surface area contributed by atoms with Gasteiger partial charge in [-0.25, -0.2) is 23.3 Å². The maximum absolute atomic E-state index is 13.9. The van der Waals surface area contributed by atoms with Crippen LogP contribution in [0.25, 0.3) is 5.65 Å². The number of benzene rings is 1. The molecule has 1 aliphatic rings. The molecule has 6 nitrogen and oxygen atoms in total. The number of fused-ring (bicyclic) bond motifs is 1. The highest BCUT2D eigenvalue weighted by molar-refractivity contribution is 8.00. The lowest BCUT2D eigenvalue weighted by atomic mass is 10.0. The summed E-state index contributed by atoms with van der Waals surface area (Å²) < 4.78 is 21.7. The minimum atomic E-state index is -0.456. The maximum Gasteiger partial charge on any atom is 0.350 e. The van der Waals surface area contributed by atoms with Gasteiger partial charge in [0.2, 0.25) is 0 Å². The number of methoxy groups -OCH3 is 1. The first-order valence-electron chi connectivity index (χ1n) is 9.09. The van der Waals surface area contributed by atoms with Crippen molar-refractivity contribution >= 4 is 17.4 Å². The first-order chi connectivity index (χ1) is 13.2. The van der Waals surface area contributed by atoms with Crippen LogP contribution >= 0.6 is 11.8 Å². The average molecular weight is 388 g/mol. The summed E-state index contributed by atoms with van der Waals surface area (Å²) in [5.41, 5.74) is 0.953. The van der Waals surface area contributed by atoms with Crippen molar-refractivity contribution in [1.82, 2.24) is 19.2 Å². The van der Waals surface area contributed by atoms with Crippen LogP contribution in [0.4, 0.5) is 4.39 Å². The third-order valence-corrected chi connectivity index (χ3v) is 6.16. The van der Waals surface area contributed by atoms with E-state index in [0.29, 0.717) is 16.5 Å². The molecule has 27 heavy (non-hydrogen) atoms. The standard InChI is InChI=1S/C19H21FN4O2S/c1-26-16-8-7-13(11-15(16)20)12-24-19(25)23-10-9-21-18(17(23)22-24)27-14-5-3-2-4-6-14/h7-11,14H,2-6,12H2,1H3. The Morgan fingerprint density at radius 2 is 2.11 bits per heavy atom. The number of aromatic nitrogens is 4. The Bertz CT molecular complexity index is 1010. The maximum atomic E-state index is 13.9. The molecule has 4 rings (SSSR count). The lowest BCUT2D eigenvalue weighted by Crippen LogP contribution is -2.21. The predicted molar refractivity (Wildman–Crippen MR) is 102 cm³/mol. The molecule has 0 aliphatic heterocycles. The van der Waals surface area contributed by atoms with Crippen molar-refractivity contribution in [2.45, 2.75) is 48.9 Å². The highest BCUT2D eigenvalue weighted by Crippen LogP contribution is 2.33. The summed E-state index contributed by atoms with van der Waals surface area (Å²) in [6.45, 7) is 0.189. The van der Waals surface area contributed by atoms with Crippen LogP contribution in [0.5, 0.6) is 5.75 Å². The Morgan fingerprint density at radius 3 is 2.85 bits per heavy atom. The molecule has 0 N–H and O–H groups in total. The van der Waals surface area contributed by atoms with Crippen molar-refractivity contribution in [3.05, 3.63) is 52.5 Å². The number of nitrogens with zero attached hydrogens (tertiary/aromatic N) is 4. The van der Waals surface area contributed by atoms with Gasteiger partial charge in [-0.2, -0.15) is 0 Å². The van der Waals surface area contributed by atoms with E-state index in [-0.39, 0.29) is 18.0 Å². The van der Waals surface area contributed by atoms with Gasteiger partial charge in [0.15, 0.2) is 17.2 Å². The fourth-order valence-corrected chi connectivity index (χ4v) is 4.69. The Balaban J connectivity index is 1.64. The Hall–Kier alpha value is -2.35. The fourth-order valence-electron chi connectivity index (χ4n) is 3.43. The Morgan fingerprint density at radius 1 is 1.30 bits per heavy atom. The highest BCUT2D eigenvalue weighted by atomic mass is 32.2. The van der Waals surface area contributed by atoms with Crippen LogP contribution in [0.1, 0.15) is 37.7 Å². The molecule has 1 aliphatic carbocycles. The van der Waals surface area contributed by atoms with Crippen LogP contribution in [0.2, 0.25) is 0 Å². The van der Waals surface area contributed by atoms with Gasteiger partial charge < -0.3 is 4.74 Å². The molecule has 0 saturated heterocycles. The number of ether oxygens (including phenoxy) is 1. The van der Waals surface area contributed by atoms with E-state index in [9.17, 15) is 9.18 Å². The van der Waals surface area contributed by atoms with Crippen LogP contribution in [-0.4, -0.2) is 31.5 Å². The predicted octanol–water partition coefficient (Wildman–Crippen LogP) is 3.51. The normalized spacial score (nSPS) is 15.3. The molecular formula is C19H21FN4O2S. The third kappa shape index (κ3) is 3.71. The molecule has 1 fully saturated rings. The molecule has 2 heterocycles. The van der Waals surface area contributed by atoms with Crippen molar-refractivity contribution in [3.63, 3.8) is 0 Å². The molecule has 0 unspecified atom stereocenters. The van der Waals surface area contributed by atoms with Crippen molar-refractivity contribution in [2.24, 2.45) is 0 Å². The summed E-state index contributed by atoms with van der Waals surface area (Å²) in [6.07, 6.45) is 9.38. The number of thioether (sulfide) groups is 1. The van der Waals surface area contributed by atoms with E-state index in [2.05, 4.69) is 10.1 Å². The third-order valence-electron chi connectivity index (χ3n) is 4.85. The summed E-state index contributed by atoms with van der Waals surface area (Å²) in [5.74, 6) is -0.279. The molecule has 0 amide bonds. The van der Waals surface area contributed by atoms with E-state index in [1.807, 2.05) is 0 Å². The van der Waals surface area contributed by atoms with E-state index in [1.165, 1.54) is 54.4 Å². The van der Waals surface area contributed by atoms with Gasteiger partial charge in [-0.15, -0.1) is 5.10 Å². The van der Waals surface area contributed by atoms with Gasteiger partial charge in [0.05, 0.1) is 13.7 Å². The van der Waals surface area contributed by atoms with Crippen LogP contribution in [0.3, 0.4) is 0 Å². The number of hydrogen-bond acceptors (Lipinski definition) is 5. The van der Waals surface area contributed by atoms with Crippen molar-refractivity contribution < 1.29 is 9.13 Å². The Kier molecular flexibility index (Phi) is 5.15. The van der Waals surface area contributed by atoms with Crippen LogP contribution in [-0.2, 0) is 6.54 Å². The zero-order chi connectivity index (χ0) is 18.8. The van der Waals surface area contributed by atoms with Crippen molar-refractivity contribution in [1.29, 1.82) is 0 Å². The fraction of sp³-hybridized carbons (Fsp3) is 0.421. The second-order valence-electron chi connectivity index (χ2n) is 6.71. The van der Waals surface area contributed by atoms with Crippen LogP contribution < -0.4 is 10.4 Å². The largest absolute Gasteiger partial charge is 0.494 e. The molecule has 1 saturated carbocycles. The molecule has 0 radical (unpaired) electrons. The Labute approximate surface area is 160 Å². The molecule has 0 atom stereocenters. The minimum absolute atomic E-state index is 0.177. The smallest absolute Gasteiger partial charge is 0.350 e. The zero-order valence-corrected chi connectivity index (χ0v) is 15.9. The van der Waals surface area contributed by atoms with Gasteiger partial charge in [-0.1, -0.05) is 37.1 Å². The van der Waals surface area contributed by atoms with Crippen molar-refractivity contribution in [2.75, 3.05) is 7.11 Å².